The van der Waals surface area contributed by atoms with Crippen molar-refractivity contribution in [3.63, 3.8) is 0 Å². The van der Waals surface area contributed by atoms with E-state index in [0.717, 1.165) is 18.9 Å². The van der Waals surface area contributed by atoms with Crippen molar-refractivity contribution >= 4 is 5.69 Å². The standard InChI is InChI=1S/C15H24N2O/c1-2-18-15-8-6-14(7-9-15)16-10-5-13-17-11-3-4-12-17/h6-9,16H,2-5,10-13H2,1H3. The van der Waals surface area contributed by atoms with E-state index in [1.54, 1.807) is 0 Å². The summed E-state index contributed by atoms with van der Waals surface area (Å²) >= 11 is 0. The molecule has 1 fully saturated rings. The van der Waals surface area contributed by atoms with Gasteiger partial charge in [0.2, 0.25) is 0 Å². The van der Waals surface area contributed by atoms with Crippen LogP contribution >= 0.6 is 0 Å². The molecule has 0 radical (unpaired) electrons. The van der Waals surface area contributed by atoms with Gasteiger partial charge in [-0.1, -0.05) is 0 Å². The summed E-state index contributed by atoms with van der Waals surface area (Å²) in [7, 11) is 0. The van der Waals surface area contributed by atoms with Crippen LogP contribution in [0.15, 0.2) is 24.3 Å². The summed E-state index contributed by atoms with van der Waals surface area (Å²) in [5, 5.41) is 3.46. The lowest BCUT2D eigenvalue weighted by Crippen LogP contribution is -2.22. The fourth-order valence-electron chi connectivity index (χ4n) is 2.38. The average Bonchev–Trinajstić information content (AvgIpc) is 2.90. The number of hydrogen-bond acceptors (Lipinski definition) is 3. The second-order valence-electron chi connectivity index (χ2n) is 4.79. The highest BCUT2D eigenvalue weighted by Crippen LogP contribution is 2.15. The zero-order valence-corrected chi connectivity index (χ0v) is 11.3. The van der Waals surface area contributed by atoms with Crippen molar-refractivity contribution in [1.29, 1.82) is 0 Å². The molecule has 0 bridgehead atoms. The third-order valence-electron chi connectivity index (χ3n) is 3.34. The Morgan fingerprint density at radius 1 is 1.17 bits per heavy atom. The first kappa shape index (κ1) is 13.2. The maximum absolute atomic E-state index is 5.42. The van der Waals surface area contributed by atoms with Crippen LogP contribution in [0.25, 0.3) is 0 Å². The highest BCUT2D eigenvalue weighted by molar-refractivity contribution is 5.46. The quantitative estimate of drug-likeness (QED) is 0.751. The van der Waals surface area contributed by atoms with E-state index >= 15 is 0 Å². The molecule has 0 atom stereocenters. The van der Waals surface area contributed by atoms with Crippen LogP contribution in [0.2, 0.25) is 0 Å². The minimum Gasteiger partial charge on any atom is -0.494 e. The van der Waals surface area contributed by atoms with Crippen LogP contribution in [0.3, 0.4) is 0 Å². The van der Waals surface area contributed by atoms with Gasteiger partial charge in [0.05, 0.1) is 6.61 Å². The van der Waals surface area contributed by atoms with Crippen molar-refractivity contribution in [2.24, 2.45) is 0 Å². The summed E-state index contributed by atoms with van der Waals surface area (Å²) in [6.07, 6.45) is 3.98. The minimum atomic E-state index is 0.725. The van der Waals surface area contributed by atoms with E-state index in [1.807, 2.05) is 19.1 Å². The number of ether oxygens (including phenoxy) is 1. The Morgan fingerprint density at radius 2 is 1.89 bits per heavy atom. The average molecular weight is 248 g/mol. The molecule has 2 rings (SSSR count). The molecule has 0 amide bonds. The third-order valence-corrected chi connectivity index (χ3v) is 3.34. The molecular weight excluding hydrogens is 224 g/mol. The number of rotatable bonds is 7. The summed E-state index contributed by atoms with van der Waals surface area (Å²) < 4.78 is 5.42. The molecule has 3 heteroatoms. The molecule has 1 aliphatic heterocycles. The van der Waals surface area contributed by atoms with Gasteiger partial charge in [-0.15, -0.1) is 0 Å². The Balaban J connectivity index is 1.63. The zero-order chi connectivity index (χ0) is 12.6. The first-order valence-electron chi connectivity index (χ1n) is 7.07. The van der Waals surface area contributed by atoms with Gasteiger partial charge in [-0.2, -0.15) is 0 Å². The van der Waals surface area contributed by atoms with Crippen molar-refractivity contribution in [3.05, 3.63) is 24.3 Å². The summed E-state index contributed by atoms with van der Waals surface area (Å²) in [6.45, 7) is 7.59. The lowest BCUT2D eigenvalue weighted by molar-refractivity contribution is 0.337. The van der Waals surface area contributed by atoms with E-state index in [1.165, 1.54) is 44.6 Å². The smallest absolute Gasteiger partial charge is 0.119 e. The fourth-order valence-corrected chi connectivity index (χ4v) is 2.38. The lowest BCUT2D eigenvalue weighted by Gasteiger charge is -2.14. The van der Waals surface area contributed by atoms with Gasteiger partial charge in [0.25, 0.3) is 0 Å². The van der Waals surface area contributed by atoms with E-state index in [9.17, 15) is 0 Å². The summed E-state index contributed by atoms with van der Waals surface area (Å²) in [6, 6.07) is 8.21. The summed E-state index contributed by atoms with van der Waals surface area (Å²) in [5.41, 5.74) is 1.18. The second-order valence-corrected chi connectivity index (χ2v) is 4.79. The molecule has 0 saturated carbocycles. The largest absolute Gasteiger partial charge is 0.494 e. The van der Waals surface area contributed by atoms with Crippen LogP contribution in [-0.2, 0) is 0 Å². The molecule has 1 aromatic carbocycles. The van der Waals surface area contributed by atoms with E-state index in [4.69, 9.17) is 4.74 Å². The topological polar surface area (TPSA) is 24.5 Å². The molecule has 1 N–H and O–H groups in total. The Bertz CT molecular complexity index is 331. The highest BCUT2D eigenvalue weighted by atomic mass is 16.5. The molecule has 1 heterocycles. The van der Waals surface area contributed by atoms with Gasteiger partial charge in [-0.25, -0.2) is 0 Å². The number of anilines is 1. The molecular formula is C15H24N2O. The van der Waals surface area contributed by atoms with Gasteiger partial charge >= 0.3 is 0 Å². The number of nitrogens with one attached hydrogen (secondary N) is 1. The Morgan fingerprint density at radius 3 is 2.56 bits per heavy atom. The van der Waals surface area contributed by atoms with Crippen LogP contribution < -0.4 is 10.1 Å². The first-order chi connectivity index (χ1) is 8.88. The maximum Gasteiger partial charge on any atom is 0.119 e. The van der Waals surface area contributed by atoms with E-state index in [-0.39, 0.29) is 0 Å². The van der Waals surface area contributed by atoms with Crippen LogP contribution in [0.5, 0.6) is 5.75 Å². The van der Waals surface area contributed by atoms with Crippen LogP contribution in [0.1, 0.15) is 26.2 Å². The molecule has 0 aromatic heterocycles. The van der Waals surface area contributed by atoms with Crippen molar-refractivity contribution in [1.82, 2.24) is 4.90 Å². The third kappa shape index (κ3) is 4.22. The molecule has 100 valence electrons. The SMILES string of the molecule is CCOc1ccc(NCCCN2CCCC2)cc1. The summed E-state index contributed by atoms with van der Waals surface area (Å²) in [5.74, 6) is 0.945. The van der Waals surface area contributed by atoms with Crippen molar-refractivity contribution in [2.75, 3.05) is 38.1 Å². The normalized spacial score (nSPS) is 15.8. The number of likely N-dealkylation sites (tertiary alicyclic amines) is 1. The van der Waals surface area contributed by atoms with Crippen molar-refractivity contribution in [2.45, 2.75) is 26.2 Å². The van der Waals surface area contributed by atoms with Gasteiger partial charge in [0, 0.05) is 12.2 Å². The molecule has 3 nitrogen and oxygen atoms in total. The molecule has 1 aromatic rings. The van der Waals surface area contributed by atoms with Crippen molar-refractivity contribution < 1.29 is 4.74 Å². The van der Waals surface area contributed by atoms with Gasteiger partial charge in [-0.3, -0.25) is 0 Å². The Kier molecular flexibility index (Phi) is 5.34. The van der Waals surface area contributed by atoms with E-state index < -0.39 is 0 Å². The zero-order valence-electron chi connectivity index (χ0n) is 11.3. The van der Waals surface area contributed by atoms with Gasteiger partial charge in [0.15, 0.2) is 0 Å². The van der Waals surface area contributed by atoms with Gasteiger partial charge in [-0.05, 0) is 70.1 Å². The predicted octanol–water partition coefficient (Wildman–Crippen LogP) is 2.98. The number of hydrogen-bond donors (Lipinski definition) is 1. The predicted molar refractivity (Wildman–Crippen MR) is 76.4 cm³/mol. The van der Waals surface area contributed by atoms with Crippen LogP contribution in [0, 0.1) is 0 Å². The number of benzene rings is 1. The molecule has 0 spiro atoms. The Hall–Kier alpha value is -1.22. The second kappa shape index (κ2) is 7.27. The monoisotopic (exact) mass is 248 g/mol. The first-order valence-corrected chi connectivity index (χ1v) is 7.07. The van der Waals surface area contributed by atoms with Gasteiger partial charge in [0.1, 0.15) is 5.75 Å². The van der Waals surface area contributed by atoms with Crippen molar-refractivity contribution in [3.8, 4) is 5.75 Å². The van der Waals surface area contributed by atoms with Crippen LogP contribution in [0.4, 0.5) is 5.69 Å². The fraction of sp³-hybridized carbons (Fsp3) is 0.600. The molecule has 0 aliphatic carbocycles. The van der Waals surface area contributed by atoms with E-state index in [0.29, 0.717) is 0 Å². The minimum absolute atomic E-state index is 0.725. The van der Waals surface area contributed by atoms with Gasteiger partial charge < -0.3 is 15.0 Å². The number of nitrogens with zero attached hydrogens (tertiary/aromatic N) is 1. The van der Waals surface area contributed by atoms with E-state index in [2.05, 4.69) is 22.3 Å². The highest BCUT2D eigenvalue weighted by Gasteiger charge is 2.09. The van der Waals surface area contributed by atoms with Crippen LogP contribution in [-0.4, -0.2) is 37.7 Å². The lowest BCUT2D eigenvalue weighted by atomic mass is 10.3. The molecule has 18 heavy (non-hydrogen) atoms. The molecule has 0 unspecified atom stereocenters. The summed E-state index contributed by atoms with van der Waals surface area (Å²) in [4.78, 5) is 2.56. The Labute approximate surface area is 110 Å². The molecule has 1 aliphatic rings. The molecule has 1 saturated heterocycles. The maximum atomic E-state index is 5.42.